The molecule has 1 aliphatic rings. The molecule has 1 heterocycles. The Morgan fingerprint density at radius 1 is 1.35 bits per heavy atom. The van der Waals surface area contributed by atoms with Gasteiger partial charge in [0.15, 0.2) is 0 Å². The SMILES string of the molecule is C=C/C(=C\CCC)C(=O)N1CCNCC1.CC. The molecule has 3 nitrogen and oxygen atoms in total. The van der Waals surface area contributed by atoms with Crippen LogP contribution in [0.15, 0.2) is 24.3 Å². The lowest BCUT2D eigenvalue weighted by Crippen LogP contribution is -2.46. The summed E-state index contributed by atoms with van der Waals surface area (Å²) in [6.45, 7) is 13.2. The number of unbranched alkanes of at least 4 members (excludes halogenated alkanes) is 1. The first-order valence-electron chi connectivity index (χ1n) is 6.62. The number of hydrogen-bond donors (Lipinski definition) is 1. The molecule has 1 N–H and O–H groups in total. The molecule has 0 aromatic rings. The fourth-order valence-corrected chi connectivity index (χ4v) is 1.61. The number of nitrogens with zero attached hydrogens (tertiary/aromatic N) is 1. The minimum absolute atomic E-state index is 0.125. The summed E-state index contributed by atoms with van der Waals surface area (Å²) in [6, 6.07) is 0. The smallest absolute Gasteiger partial charge is 0.253 e. The standard InChI is InChI=1S/C12H20N2O.C2H6/c1-3-5-6-11(4-2)12(15)14-9-7-13-8-10-14;1-2/h4,6,13H,2-3,5,7-10H2,1H3;1-2H3/b11-6+;. The predicted octanol–water partition coefficient (Wildman–Crippen LogP) is 2.36. The molecule has 0 saturated carbocycles. The highest BCUT2D eigenvalue weighted by Gasteiger charge is 2.17. The third-order valence-electron chi connectivity index (χ3n) is 2.52. The third kappa shape index (κ3) is 5.68. The van der Waals surface area contributed by atoms with Crippen LogP contribution in [0.4, 0.5) is 0 Å². The molecule has 0 aliphatic carbocycles. The minimum atomic E-state index is 0.125. The van der Waals surface area contributed by atoms with Crippen LogP contribution in [0.5, 0.6) is 0 Å². The summed E-state index contributed by atoms with van der Waals surface area (Å²) >= 11 is 0. The highest BCUT2D eigenvalue weighted by molar-refractivity contribution is 5.96. The molecule has 1 amide bonds. The number of carbonyl (C=O) groups is 1. The van der Waals surface area contributed by atoms with Gasteiger partial charge in [0.2, 0.25) is 0 Å². The molecule has 17 heavy (non-hydrogen) atoms. The van der Waals surface area contributed by atoms with Crippen molar-refractivity contribution in [1.29, 1.82) is 0 Å². The van der Waals surface area contributed by atoms with E-state index < -0.39 is 0 Å². The lowest BCUT2D eigenvalue weighted by Gasteiger charge is -2.27. The van der Waals surface area contributed by atoms with Gasteiger partial charge in [0.1, 0.15) is 0 Å². The Balaban J connectivity index is 0.00000121. The van der Waals surface area contributed by atoms with E-state index in [1.807, 2.05) is 24.8 Å². The zero-order valence-electron chi connectivity index (χ0n) is 11.5. The van der Waals surface area contributed by atoms with Gasteiger partial charge in [-0.2, -0.15) is 0 Å². The van der Waals surface area contributed by atoms with Crippen molar-refractivity contribution in [2.75, 3.05) is 26.2 Å². The van der Waals surface area contributed by atoms with Crippen molar-refractivity contribution in [2.45, 2.75) is 33.6 Å². The Morgan fingerprint density at radius 3 is 2.41 bits per heavy atom. The first-order valence-corrected chi connectivity index (χ1v) is 6.62. The van der Waals surface area contributed by atoms with Gasteiger partial charge in [0, 0.05) is 31.8 Å². The summed E-state index contributed by atoms with van der Waals surface area (Å²) in [5.74, 6) is 0.125. The molecule has 0 bridgehead atoms. The predicted molar refractivity (Wildman–Crippen MR) is 74.0 cm³/mol. The van der Waals surface area contributed by atoms with E-state index in [0.29, 0.717) is 0 Å². The molecule has 0 unspecified atom stereocenters. The van der Waals surface area contributed by atoms with Crippen LogP contribution in [-0.2, 0) is 4.79 Å². The quantitative estimate of drug-likeness (QED) is 0.602. The molecule has 1 rings (SSSR count). The number of hydrogen-bond acceptors (Lipinski definition) is 2. The van der Waals surface area contributed by atoms with Gasteiger partial charge >= 0.3 is 0 Å². The molecular weight excluding hydrogens is 212 g/mol. The second-order valence-electron chi connectivity index (χ2n) is 3.69. The van der Waals surface area contributed by atoms with Crippen LogP contribution in [0.25, 0.3) is 0 Å². The van der Waals surface area contributed by atoms with Crippen LogP contribution in [0.3, 0.4) is 0 Å². The van der Waals surface area contributed by atoms with Gasteiger partial charge < -0.3 is 10.2 Å². The van der Waals surface area contributed by atoms with Gasteiger partial charge in [0.25, 0.3) is 5.91 Å². The van der Waals surface area contributed by atoms with Gasteiger partial charge in [0.05, 0.1) is 0 Å². The van der Waals surface area contributed by atoms with Crippen LogP contribution in [0, 0.1) is 0 Å². The topological polar surface area (TPSA) is 32.3 Å². The molecule has 1 aliphatic heterocycles. The Kier molecular flexibility index (Phi) is 9.44. The maximum Gasteiger partial charge on any atom is 0.253 e. The van der Waals surface area contributed by atoms with E-state index in [1.54, 1.807) is 6.08 Å². The molecule has 3 heteroatoms. The maximum absolute atomic E-state index is 12.0. The molecular formula is C14H26N2O. The van der Waals surface area contributed by atoms with Gasteiger partial charge in [-0.15, -0.1) is 0 Å². The highest BCUT2D eigenvalue weighted by atomic mass is 16.2. The monoisotopic (exact) mass is 238 g/mol. The van der Waals surface area contributed by atoms with Gasteiger partial charge in [-0.1, -0.05) is 45.9 Å². The summed E-state index contributed by atoms with van der Waals surface area (Å²) in [7, 11) is 0. The molecule has 1 saturated heterocycles. The van der Waals surface area contributed by atoms with Crippen molar-refractivity contribution < 1.29 is 4.79 Å². The fraction of sp³-hybridized carbons (Fsp3) is 0.643. The van der Waals surface area contributed by atoms with Gasteiger partial charge in [-0.25, -0.2) is 0 Å². The first-order chi connectivity index (χ1) is 8.29. The van der Waals surface area contributed by atoms with E-state index in [4.69, 9.17) is 0 Å². The Bertz CT molecular complexity index is 253. The van der Waals surface area contributed by atoms with Crippen molar-refractivity contribution in [3.8, 4) is 0 Å². The number of piperazine rings is 1. The van der Waals surface area contributed by atoms with Gasteiger partial charge in [-0.3, -0.25) is 4.79 Å². The lowest BCUT2D eigenvalue weighted by molar-refractivity contribution is -0.127. The Morgan fingerprint density at radius 2 is 1.94 bits per heavy atom. The van der Waals surface area contributed by atoms with Crippen molar-refractivity contribution in [3.63, 3.8) is 0 Å². The molecule has 0 spiro atoms. The van der Waals surface area contributed by atoms with Crippen LogP contribution in [0.1, 0.15) is 33.6 Å². The van der Waals surface area contributed by atoms with Gasteiger partial charge in [-0.05, 0) is 6.42 Å². The molecule has 98 valence electrons. The van der Waals surface area contributed by atoms with Crippen LogP contribution in [0.2, 0.25) is 0 Å². The lowest BCUT2D eigenvalue weighted by atomic mass is 10.1. The second-order valence-corrected chi connectivity index (χ2v) is 3.69. The average Bonchev–Trinajstić information content (AvgIpc) is 2.42. The van der Waals surface area contributed by atoms with Crippen LogP contribution >= 0.6 is 0 Å². The maximum atomic E-state index is 12.0. The molecule has 0 aromatic heterocycles. The average molecular weight is 238 g/mol. The highest BCUT2D eigenvalue weighted by Crippen LogP contribution is 2.06. The fourth-order valence-electron chi connectivity index (χ4n) is 1.61. The number of carbonyl (C=O) groups excluding carboxylic acids is 1. The van der Waals surface area contributed by atoms with E-state index in [1.165, 1.54) is 0 Å². The summed E-state index contributed by atoms with van der Waals surface area (Å²) in [5.41, 5.74) is 0.749. The minimum Gasteiger partial charge on any atom is -0.336 e. The number of rotatable bonds is 4. The summed E-state index contributed by atoms with van der Waals surface area (Å²) in [6.07, 6.45) is 5.66. The van der Waals surface area contributed by atoms with E-state index in [-0.39, 0.29) is 5.91 Å². The Labute approximate surface area is 106 Å². The molecule has 1 fully saturated rings. The first kappa shape index (κ1) is 15.9. The van der Waals surface area contributed by atoms with Crippen molar-refractivity contribution >= 4 is 5.91 Å². The molecule has 0 radical (unpaired) electrons. The molecule has 0 aromatic carbocycles. The number of nitrogens with one attached hydrogen (secondary N) is 1. The van der Waals surface area contributed by atoms with E-state index in [9.17, 15) is 4.79 Å². The van der Waals surface area contributed by atoms with Crippen LogP contribution in [-0.4, -0.2) is 37.0 Å². The van der Waals surface area contributed by atoms with Crippen molar-refractivity contribution in [1.82, 2.24) is 10.2 Å². The van der Waals surface area contributed by atoms with Crippen molar-refractivity contribution in [2.24, 2.45) is 0 Å². The zero-order valence-corrected chi connectivity index (χ0v) is 11.5. The van der Waals surface area contributed by atoms with E-state index >= 15 is 0 Å². The summed E-state index contributed by atoms with van der Waals surface area (Å²) in [4.78, 5) is 13.9. The van der Waals surface area contributed by atoms with Crippen molar-refractivity contribution in [3.05, 3.63) is 24.3 Å². The summed E-state index contributed by atoms with van der Waals surface area (Å²) in [5, 5.41) is 3.23. The normalized spacial score (nSPS) is 15.9. The van der Waals surface area contributed by atoms with Crippen LogP contribution < -0.4 is 5.32 Å². The Hall–Kier alpha value is -1.09. The number of allylic oxidation sites excluding steroid dienone is 1. The largest absolute Gasteiger partial charge is 0.336 e. The third-order valence-corrected chi connectivity index (χ3v) is 2.52. The second kappa shape index (κ2) is 10.1. The number of amides is 1. The zero-order chi connectivity index (χ0) is 13.1. The summed E-state index contributed by atoms with van der Waals surface area (Å²) < 4.78 is 0. The molecule has 0 atom stereocenters. The van der Waals surface area contributed by atoms with E-state index in [0.717, 1.165) is 44.6 Å². The van der Waals surface area contributed by atoms with E-state index in [2.05, 4.69) is 18.8 Å².